The van der Waals surface area contributed by atoms with E-state index in [1.54, 1.807) is 45.2 Å². The predicted molar refractivity (Wildman–Crippen MR) is 186 cm³/mol. The van der Waals surface area contributed by atoms with Gasteiger partial charge in [-0.2, -0.15) is 0 Å². The summed E-state index contributed by atoms with van der Waals surface area (Å²) in [7, 11) is 1.92. The average molecular weight is 685 g/mol. The number of anilines is 2. The van der Waals surface area contributed by atoms with Crippen LogP contribution in [-0.4, -0.2) is 71.0 Å². The zero-order valence-electron chi connectivity index (χ0n) is 28.6. The van der Waals surface area contributed by atoms with Crippen LogP contribution in [0.2, 0.25) is 0 Å². The number of rotatable bonds is 10. The van der Waals surface area contributed by atoms with Gasteiger partial charge < -0.3 is 24.6 Å². The fraction of sp³-hybridized carbons (Fsp3) is 0.378. The van der Waals surface area contributed by atoms with E-state index in [0.717, 1.165) is 24.9 Å². The molecule has 0 radical (unpaired) electrons. The molecule has 50 heavy (non-hydrogen) atoms. The molecule has 1 N–H and O–H groups in total. The summed E-state index contributed by atoms with van der Waals surface area (Å²) in [6.45, 7) is 6.13. The zero-order chi connectivity index (χ0) is 35.6. The summed E-state index contributed by atoms with van der Waals surface area (Å²) in [5.74, 6) is -1.20. The molecule has 6 rings (SSSR count). The number of hydrogen-bond donors (Lipinski definition) is 1. The molecule has 4 aromatic rings. The Labute approximate surface area is 289 Å². The summed E-state index contributed by atoms with van der Waals surface area (Å²) in [6.07, 6.45) is 3.28. The second kappa shape index (κ2) is 14.2. The molecule has 2 aromatic heterocycles. The number of halogens is 1. The number of ether oxygens (including phenoxy) is 2. The molecule has 3 amide bonds. The molecule has 0 spiro atoms. The molecule has 1 aliphatic carbocycles. The molecule has 13 heteroatoms. The molecule has 1 saturated carbocycles. The van der Waals surface area contributed by atoms with Crippen LogP contribution in [0.4, 0.5) is 20.6 Å². The monoisotopic (exact) mass is 684 g/mol. The van der Waals surface area contributed by atoms with Gasteiger partial charge in [0.05, 0.1) is 11.4 Å². The number of hydrogen-bond acceptors (Lipinski definition) is 8. The summed E-state index contributed by atoms with van der Waals surface area (Å²) in [5.41, 5.74) is 0.882. The first-order valence-electron chi connectivity index (χ1n) is 16.7. The maximum absolute atomic E-state index is 14.4. The van der Waals surface area contributed by atoms with Gasteiger partial charge in [0.1, 0.15) is 24.6 Å². The Morgan fingerprint density at radius 1 is 1.02 bits per heavy atom. The summed E-state index contributed by atoms with van der Waals surface area (Å²) < 4.78 is 26.4. The molecule has 262 valence electrons. The van der Waals surface area contributed by atoms with Crippen LogP contribution in [0, 0.1) is 11.7 Å². The Bertz CT molecular complexity index is 1960. The SMILES string of the molecule is CN(CC1CC1)c1cc(N2CCN(C(=O)OC(C)(C)C)CC2=O)c2nc(C(=O)NCc3ccc(F)cc3)c(OCc3ccccc3)c(=O)n2c1. The summed E-state index contributed by atoms with van der Waals surface area (Å²) in [4.78, 5) is 64.2. The van der Waals surface area contributed by atoms with Gasteiger partial charge in [-0.25, -0.2) is 14.2 Å². The highest BCUT2D eigenvalue weighted by molar-refractivity contribution is 6.01. The molecular formula is C37H41FN6O6. The molecule has 0 unspecified atom stereocenters. The first kappa shape index (κ1) is 34.4. The van der Waals surface area contributed by atoms with Crippen LogP contribution in [0.15, 0.2) is 71.7 Å². The second-order valence-electron chi connectivity index (χ2n) is 13.7. The van der Waals surface area contributed by atoms with Gasteiger partial charge in [-0.3, -0.25) is 23.7 Å². The topological polar surface area (TPSA) is 126 Å². The summed E-state index contributed by atoms with van der Waals surface area (Å²) in [5, 5.41) is 2.77. The number of fused-ring (bicyclic) bond motifs is 1. The fourth-order valence-corrected chi connectivity index (χ4v) is 5.68. The molecule has 12 nitrogen and oxygen atoms in total. The molecule has 1 saturated heterocycles. The standard InChI is InChI=1S/C37H41FN6O6/c1-37(2,3)50-36(48)42-16-17-43(30(45)22-42)29-18-28(41(4)20-25-10-11-25)21-44-33(29)40-31(34(46)39-19-24-12-14-27(38)15-13-24)32(35(44)47)49-23-26-8-6-5-7-9-26/h5-9,12-15,18,21,25H,10-11,16-17,19-20,22-23H2,1-4H3,(H,39,46). The summed E-state index contributed by atoms with van der Waals surface area (Å²) in [6, 6.07) is 16.7. The van der Waals surface area contributed by atoms with Crippen molar-refractivity contribution in [3.63, 3.8) is 0 Å². The van der Waals surface area contributed by atoms with Crippen molar-refractivity contribution in [3.05, 3.63) is 99.9 Å². The van der Waals surface area contributed by atoms with Crippen LogP contribution in [0.25, 0.3) is 5.65 Å². The highest BCUT2D eigenvalue weighted by atomic mass is 19.1. The van der Waals surface area contributed by atoms with Gasteiger partial charge in [0.15, 0.2) is 11.3 Å². The lowest BCUT2D eigenvalue weighted by molar-refractivity contribution is -0.121. The van der Waals surface area contributed by atoms with E-state index in [2.05, 4.69) is 5.32 Å². The fourth-order valence-electron chi connectivity index (χ4n) is 5.68. The highest BCUT2D eigenvalue weighted by Crippen LogP contribution is 2.33. The molecular weight excluding hydrogens is 643 g/mol. The van der Waals surface area contributed by atoms with Crippen molar-refractivity contribution in [2.45, 2.75) is 52.4 Å². The summed E-state index contributed by atoms with van der Waals surface area (Å²) >= 11 is 0. The van der Waals surface area contributed by atoms with Crippen LogP contribution < -0.4 is 25.4 Å². The number of pyridine rings is 1. The first-order chi connectivity index (χ1) is 23.9. The lowest BCUT2D eigenvalue weighted by Gasteiger charge is -2.35. The van der Waals surface area contributed by atoms with Crippen molar-refractivity contribution in [1.29, 1.82) is 0 Å². The molecule has 2 aromatic carbocycles. The van der Waals surface area contributed by atoms with Gasteiger partial charge in [-0.05, 0) is 68.9 Å². The number of nitrogens with one attached hydrogen (secondary N) is 1. The van der Waals surface area contributed by atoms with Crippen LogP contribution in [0.5, 0.6) is 5.75 Å². The minimum atomic E-state index is -0.729. The van der Waals surface area contributed by atoms with Crippen molar-refractivity contribution in [2.24, 2.45) is 5.92 Å². The van der Waals surface area contributed by atoms with Crippen LogP contribution in [0.3, 0.4) is 0 Å². The molecule has 0 bridgehead atoms. The van der Waals surface area contributed by atoms with Gasteiger partial charge in [0.2, 0.25) is 11.7 Å². The third-order valence-corrected chi connectivity index (χ3v) is 8.49. The number of carbonyl (C=O) groups is 3. The number of piperazine rings is 1. The van der Waals surface area contributed by atoms with E-state index in [1.165, 1.54) is 26.3 Å². The number of amides is 3. The van der Waals surface area contributed by atoms with Crippen LogP contribution in [-0.2, 0) is 22.7 Å². The largest absolute Gasteiger partial charge is 0.481 e. The van der Waals surface area contributed by atoms with E-state index in [0.29, 0.717) is 22.9 Å². The van der Waals surface area contributed by atoms with Crippen molar-refractivity contribution >= 4 is 34.9 Å². The van der Waals surface area contributed by atoms with Crippen molar-refractivity contribution < 1.29 is 28.2 Å². The lowest BCUT2D eigenvalue weighted by atomic mass is 10.2. The number of nitrogens with zero attached hydrogens (tertiary/aromatic N) is 5. The number of benzene rings is 2. The second-order valence-corrected chi connectivity index (χ2v) is 13.7. The lowest BCUT2D eigenvalue weighted by Crippen LogP contribution is -2.53. The third kappa shape index (κ3) is 8.04. The minimum Gasteiger partial charge on any atom is -0.481 e. The van der Waals surface area contributed by atoms with Crippen LogP contribution in [0.1, 0.15) is 55.2 Å². The third-order valence-electron chi connectivity index (χ3n) is 8.49. The Morgan fingerprint density at radius 2 is 1.74 bits per heavy atom. The predicted octanol–water partition coefficient (Wildman–Crippen LogP) is 4.77. The van der Waals surface area contributed by atoms with Crippen LogP contribution >= 0.6 is 0 Å². The molecule has 2 aliphatic rings. The Balaban J connectivity index is 1.42. The van der Waals surface area contributed by atoms with Gasteiger partial charge in [-0.1, -0.05) is 42.5 Å². The Hall–Kier alpha value is -5.46. The quantitative estimate of drug-likeness (QED) is 0.253. The Kier molecular flexibility index (Phi) is 9.76. The van der Waals surface area contributed by atoms with E-state index < -0.39 is 34.9 Å². The van der Waals surface area contributed by atoms with Gasteiger partial charge in [0, 0.05) is 39.4 Å². The van der Waals surface area contributed by atoms with E-state index in [-0.39, 0.29) is 49.9 Å². The number of aromatic nitrogens is 2. The van der Waals surface area contributed by atoms with E-state index in [4.69, 9.17) is 14.5 Å². The zero-order valence-corrected chi connectivity index (χ0v) is 28.6. The molecule has 3 heterocycles. The van der Waals surface area contributed by atoms with Gasteiger partial charge >= 0.3 is 11.7 Å². The van der Waals surface area contributed by atoms with Gasteiger partial charge in [0.25, 0.3) is 5.91 Å². The van der Waals surface area contributed by atoms with Crippen molar-refractivity contribution in [1.82, 2.24) is 19.6 Å². The van der Waals surface area contributed by atoms with E-state index >= 15 is 0 Å². The van der Waals surface area contributed by atoms with Crippen molar-refractivity contribution in [3.8, 4) is 5.75 Å². The van der Waals surface area contributed by atoms with E-state index in [1.807, 2.05) is 42.3 Å². The Morgan fingerprint density at radius 3 is 2.40 bits per heavy atom. The highest BCUT2D eigenvalue weighted by Gasteiger charge is 2.34. The average Bonchev–Trinajstić information content (AvgIpc) is 3.90. The van der Waals surface area contributed by atoms with Crippen molar-refractivity contribution in [2.75, 3.05) is 43.0 Å². The minimum absolute atomic E-state index is 0.00130. The smallest absolute Gasteiger partial charge is 0.410 e. The molecule has 2 fully saturated rings. The molecule has 0 atom stereocenters. The maximum Gasteiger partial charge on any atom is 0.410 e. The maximum atomic E-state index is 14.4. The number of carbonyl (C=O) groups excluding carboxylic acids is 3. The first-order valence-corrected chi connectivity index (χ1v) is 16.7. The van der Waals surface area contributed by atoms with E-state index in [9.17, 15) is 23.6 Å². The molecule has 1 aliphatic heterocycles. The normalized spacial score (nSPS) is 14.9. The van der Waals surface area contributed by atoms with Gasteiger partial charge in [-0.15, -0.1) is 0 Å².